The number of hydrogen-bond acceptors (Lipinski definition) is 8. The Balaban J connectivity index is 1.73. The monoisotopic (exact) mass is 477 g/mol. The van der Waals surface area contributed by atoms with Gasteiger partial charge in [-0.2, -0.15) is 0 Å². The molecule has 4 heterocycles. The minimum atomic E-state index is -3.11. The molecule has 4 N–H and O–H groups in total. The molecule has 2 aliphatic heterocycles. The molecule has 2 atom stereocenters. The number of amidine groups is 1. The number of hydrogen-bond donors (Lipinski definition) is 4. The van der Waals surface area contributed by atoms with Gasteiger partial charge < -0.3 is 15.8 Å². The van der Waals surface area contributed by atoms with Crippen LogP contribution < -0.4 is 20.5 Å². The molecule has 0 spiro atoms. The standard InChI is InChI=1S/C21H28FN7O3S/c1-20(2)19(23)29-21(3,14-6-5-9-26-33(14,20)31)17-12(22)7-8-15(27-17)28-18(30)13-10-25-16(32-4)11-24-13/h7-8,10-11,14,33H,5-6,9H2,1-4H3,(H2,23,29)(H,26,31)(H,27,28,30)/t14-,21?/m1/s1. The van der Waals surface area contributed by atoms with Crippen molar-refractivity contribution in [3.8, 4) is 5.88 Å². The van der Waals surface area contributed by atoms with Crippen LogP contribution in [0.1, 0.15) is 49.8 Å². The number of carbonyl (C=O) groups excluding carboxylic acids is 1. The largest absolute Gasteiger partial charge is 0.480 e. The molecule has 2 aromatic rings. The van der Waals surface area contributed by atoms with Crippen molar-refractivity contribution in [3.63, 3.8) is 0 Å². The maximum atomic E-state index is 15.1. The quantitative estimate of drug-likeness (QED) is 0.486. The number of rotatable bonds is 4. The molecule has 1 saturated heterocycles. The number of ether oxygens (including phenoxy) is 1. The van der Waals surface area contributed by atoms with Crippen LogP contribution in [0.15, 0.2) is 29.5 Å². The van der Waals surface area contributed by atoms with Crippen molar-refractivity contribution < 1.29 is 18.1 Å². The molecule has 10 nitrogen and oxygen atoms in total. The van der Waals surface area contributed by atoms with E-state index in [2.05, 4.69) is 30.0 Å². The predicted octanol–water partition coefficient (Wildman–Crippen LogP) is 1.32. The summed E-state index contributed by atoms with van der Waals surface area (Å²) < 4.78 is 36.5. The van der Waals surface area contributed by atoms with Gasteiger partial charge in [0.1, 0.15) is 34.4 Å². The van der Waals surface area contributed by atoms with Gasteiger partial charge in [0.2, 0.25) is 5.88 Å². The third kappa shape index (κ3) is 3.66. The zero-order chi connectivity index (χ0) is 24.0. The maximum absolute atomic E-state index is 15.1. The molecule has 0 aromatic carbocycles. The van der Waals surface area contributed by atoms with E-state index in [-0.39, 0.29) is 28.9 Å². The van der Waals surface area contributed by atoms with Gasteiger partial charge in [-0.05, 0) is 55.9 Å². The number of methoxy groups -OCH3 is 1. The van der Waals surface area contributed by atoms with E-state index < -0.39 is 37.4 Å². The van der Waals surface area contributed by atoms with Gasteiger partial charge >= 0.3 is 0 Å². The van der Waals surface area contributed by atoms with Crippen molar-refractivity contribution in [2.24, 2.45) is 10.7 Å². The number of carbonyl (C=O) groups is 1. The minimum absolute atomic E-state index is 0.0199. The molecule has 2 aliphatic rings. The molecule has 4 rings (SSSR count). The summed E-state index contributed by atoms with van der Waals surface area (Å²) in [6.45, 7) is 5.89. The molecule has 1 unspecified atom stereocenters. The number of nitrogens with two attached hydrogens (primary N) is 1. The zero-order valence-electron chi connectivity index (χ0n) is 18.9. The van der Waals surface area contributed by atoms with Crippen LogP contribution in [0.3, 0.4) is 0 Å². The van der Waals surface area contributed by atoms with E-state index in [0.717, 1.165) is 6.42 Å². The highest BCUT2D eigenvalue weighted by molar-refractivity contribution is 8.04. The fraction of sp³-hybridized carbons (Fsp3) is 0.476. The molecule has 1 fully saturated rings. The zero-order valence-corrected chi connectivity index (χ0v) is 19.8. The number of aliphatic imine (C=N–C) groups is 1. The third-order valence-electron chi connectivity index (χ3n) is 6.54. The van der Waals surface area contributed by atoms with E-state index in [1.54, 1.807) is 20.8 Å². The van der Waals surface area contributed by atoms with Gasteiger partial charge in [-0.25, -0.2) is 19.3 Å². The number of nitrogens with zero attached hydrogens (tertiary/aromatic N) is 4. The summed E-state index contributed by atoms with van der Waals surface area (Å²) >= 11 is 0. The van der Waals surface area contributed by atoms with Gasteiger partial charge in [-0.15, -0.1) is 0 Å². The first-order valence-electron chi connectivity index (χ1n) is 10.6. The highest BCUT2D eigenvalue weighted by Crippen LogP contribution is 2.48. The minimum Gasteiger partial charge on any atom is -0.480 e. The van der Waals surface area contributed by atoms with Crippen molar-refractivity contribution in [3.05, 3.63) is 41.7 Å². The van der Waals surface area contributed by atoms with Gasteiger partial charge in [0.25, 0.3) is 5.91 Å². The molecule has 33 heavy (non-hydrogen) atoms. The Labute approximate surface area is 192 Å². The molecule has 0 aliphatic carbocycles. The molecule has 0 saturated carbocycles. The molecule has 0 radical (unpaired) electrons. The van der Waals surface area contributed by atoms with E-state index in [4.69, 9.17) is 10.5 Å². The lowest BCUT2D eigenvalue weighted by molar-refractivity contribution is 0.102. The Hall–Kier alpha value is -2.99. The number of nitrogens with one attached hydrogen (secondary N) is 2. The third-order valence-corrected chi connectivity index (χ3v) is 10.8. The van der Waals surface area contributed by atoms with E-state index in [0.29, 0.717) is 13.0 Å². The Morgan fingerprint density at radius 2 is 2.06 bits per heavy atom. The van der Waals surface area contributed by atoms with Gasteiger partial charge in [0.15, 0.2) is 0 Å². The van der Waals surface area contributed by atoms with E-state index >= 15 is 4.39 Å². The first-order chi connectivity index (χ1) is 15.5. The molecule has 178 valence electrons. The highest BCUT2D eigenvalue weighted by Gasteiger charge is 2.57. The molecule has 12 heteroatoms. The first kappa shape index (κ1) is 23.2. The van der Waals surface area contributed by atoms with Crippen molar-refractivity contribution in [1.29, 1.82) is 0 Å². The van der Waals surface area contributed by atoms with Crippen molar-refractivity contribution in [1.82, 2.24) is 19.7 Å². The summed E-state index contributed by atoms with van der Waals surface area (Å²) in [5.41, 5.74) is 5.03. The van der Waals surface area contributed by atoms with Crippen LogP contribution in [0, 0.1) is 5.82 Å². The lowest BCUT2D eigenvalue weighted by Gasteiger charge is -2.55. The second kappa shape index (κ2) is 8.10. The number of aromatic nitrogens is 3. The average molecular weight is 478 g/mol. The summed E-state index contributed by atoms with van der Waals surface area (Å²) in [5.74, 6) is -0.635. The Kier molecular flexibility index (Phi) is 5.69. The summed E-state index contributed by atoms with van der Waals surface area (Å²) in [4.78, 5) is 29.6. The van der Waals surface area contributed by atoms with Crippen LogP contribution >= 0.6 is 0 Å². The van der Waals surface area contributed by atoms with Crippen LogP contribution in [-0.4, -0.2) is 54.6 Å². The number of thiol groups is 1. The molecule has 1 amide bonds. The fourth-order valence-corrected chi connectivity index (χ4v) is 8.19. The van der Waals surface area contributed by atoms with Gasteiger partial charge in [-0.1, -0.05) is 0 Å². The Bertz CT molecular complexity index is 1170. The van der Waals surface area contributed by atoms with E-state index in [9.17, 15) is 9.00 Å². The second-order valence-corrected chi connectivity index (χ2v) is 12.2. The summed E-state index contributed by atoms with van der Waals surface area (Å²) in [5, 5.41) is 2.11. The van der Waals surface area contributed by atoms with Gasteiger partial charge in [0, 0.05) is 6.54 Å². The van der Waals surface area contributed by atoms with E-state index in [1.165, 1.54) is 31.6 Å². The number of halogens is 1. The summed E-state index contributed by atoms with van der Waals surface area (Å²) in [7, 11) is -1.67. The van der Waals surface area contributed by atoms with Crippen LogP contribution in [0.4, 0.5) is 10.2 Å². The van der Waals surface area contributed by atoms with Crippen molar-refractivity contribution in [2.45, 2.75) is 49.1 Å². The Morgan fingerprint density at radius 3 is 2.73 bits per heavy atom. The lowest BCUT2D eigenvalue weighted by Crippen LogP contribution is -2.69. The van der Waals surface area contributed by atoms with Crippen molar-refractivity contribution in [2.75, 3.05) is 19.0 Å². The molecular formula is C21H28FN7O3S. The smallest absolute Gasteiger partial charge is 0.277 e. The summed E-state index contributed by atoms with van der Waals surface area (Å²) in [6, 6.07) is 2.55. The van der Waals surface area contributed by atoms with Gasteiger partial charge in [0.05, 0.1) is 29.5 Å². The summed E-state index contributed by atoms with van der Waals surface area (Å²) in [6.07, 6.45) is 3.93. The fourth-order valence-electron chi connectivity index (χ4n) is 4.48. The lowest BCUT2D eigenvalue weighted by atomic mass is 9.89. The maximum Gasteiger partial charge on any atom is 0.277 e. The number of amides is 1. The van der Waals surface area contributed by atoms with Crippen LogP contribution in [0.2, 0.25) is 0 Å². The predicted molar refractivity (Wildman–Crippen MR) is 124 cm³/mol. The topological polar surface area (TPSA) is 144 Å². The number of anilines is 1. The molecule has 0 bridgehead atoms. The molecule has 2 aromatic heterocycles. The van der Waals surface area contributed by atoms with Crippen LogP contribution in [-0.2, 0) is 15.7 Å². The van der Waals surface area contributed by atoms with Gasteiger partial charge in [-0.3, -0.25) is 18.7 Å². The Morgan fingerprint density at radius 1 is 1.30 bits per heavy atom. The average Bonchev–Trinajstić information content (AvgIpc) is 2.79. The molecular weight excluding hydrogens is 449 g/mol. The van der Waals surface area contributed by atoms with Crippen LogP contribution in [0.5, 0.6) is 5.88 Å². The second-order valence-electron chi connectivity index (χ2n) is 8.85. The SMILES string of the molecule is COc1cnc(C(=O)Nc2ccc(F)c(C3(C)N=C(N)C(C)(C)[SH]4(=O)NCCC[C@H]34)n2)cn1. The van der Waals surface area contributed by atoms with Crippen molar-refractivity contribution >= 4 is 27.7 Å². The van der Waals surface area contributed by atoms with Crippen LogP contribution in [0.25, 0.3) is 0 Å². The number of fused-ring (bicyclic) bond motifs is 1. The number of pyridine rings is 1. The highest BCUT2D eigenvalue weighted by atomic mass is 32.3. The normalized spacial score (nSPS) is 26.5. The van der Waals surface area contributed by atoms with E-state index in [1.807, 2.05) is 0 Å². The first-order valence-corrected chi connectivity index (χ1v) is 12.4.